The second kappa shape index (κ2) is 9.67. The Bertz CT molecular complexity index is 726. The van der Waals surface area contributed by atoms with Gasteiger partial charge < -0.3 is 21.3 Å². The maximum absolute atomic E-state index is 12.7. The number of nitrogens with one attached hydrogen (secondary N) is 2. The quantitative estimate of drug-likeness (QED) is 0.512. The number of hydrogen-bond donors (Lipinski definition) is 3. The molecule has 0 unspecified atom stereocenters. The largest absolute Gasteiger partial charge is 0.330 e. The van der Waals surface area contributed by atoms with Gasteiger partial charge >= 0.3 is 0 Å². The zero-order valence-corrected chi connectivity index (χ0v) is 15.5. The van der Waals surface area contributed by atoms with Gasteiger partial charge in [-0.15, -0.1) is 0 Å². The Kier molecular flexibility index (Phi) is 7.00. The molecule has 4 N–H and O–H groups in total. The molecule has 0 spiro atoms. The number of carbonyl (C=O) groups excluding carboxylic acids is 1. The van der Waals surface area contributed by atoms with Crippen molar-refractivity contribution >= 4 is 22.4 Å². The molecule has 2 aromatic carbocycles. The molecule has 0 fully saturated rings. The third kappa shape index (κ3) is 4.41. The molecule has 0 saturated carbocycles. The lowest BCUT2D eigenvalue weighted by Gasteiger charge is -2.17. The minimum atomic E-state index is 0.139. The second-order valence-corrected chi connectivity index (χ2v) is 6.84. The highest BCUT2D eigenvalue weighted by molar-refractivity contribution is 6.24. The molecule has 0 saturated heterocycles. The molecule has 140 valence electrons. The Balaban J connectivity index is 1.35. The van der Waals surface area contributed by atoms with E-state index in [9.17, 15) is 4.79 Å². The van der Waals surface area contributed by atoms with Crippen molar-refractivity contribution in [1.82, 2.24) is 10.6 Å². The number of carbonyl (C=O) groups is 1. The lowest BCUT2D eigenvalue weighted by Crippen LogP contribution is -2.30. The summed E-state index contributed by atoms with van der Waals surface area (Å²) in [5.41, 5.74) is 7.37. The summed E-state index contributed by atoms with van der Waals surface area (Å²) in [6.07, 6.45) is 4.36. The van der Waals surface area contributed by atoms with Crippen LogP contribution in [0, 0.1) is 0 Å². The summed E-state index contributed by atoms with van der Waals surface area (Å²) in [4.78, 5) is 14.6. The maximum Gasteiger partial charge on any atom is 0.258 e. The lowest BCUT2D eigenvalue weighted by atomic mass is 10.1. The van der Waals surface area contributed by atoms with Crippen LogP contribution in [0.15, 0.2) is 36.4 Å². The van der Waals surface area contributed by atoms with Gasteiger partial charge in [-0.3, -0.25) is 4.79 Å². The number of nitrogens with two attached hydrogens (primary N) is 1. The fourth-order valence-electron chi connectivity index (χ4n) is 3.54. The summed E-state index contributed by atoms with van der Waals surface area (Å²) >= 11 is 0. The van der Waals surface area contributed by atoms with E-state index in [2.05, 4.69) is 28.8 Å². The minimum absolute atomic E-state index is 0.139. The standard InChI is InChI=1S/C21H30N4O/c22-11-5-14-23-12-1-2-13-24-15-6-16-25-19-10-4-8-17-7-3-9-18(20(17)19)21(25)26/h3-4,7-10,23-24H,1-2,5-6,11-16,22H2. The van der Waals surface area contributed by atoms with E-state index in [1.54, 1.807) is 0 Å². The summed E-state index contributed by atoms with van der Waals surface area (Å²) in [6.45, 7) is 5.57. The van der Waals surface area contributed by atoms with Crippen molar-refractivity contribution in [3.8, 4) is 0 Å². The third-order valence-corrected chi connectivity index (χ3v) is 4.90. The Morgan fingerprint density at radius 2 is 1.50 bits per heavy atom. The van der Waals surface area contributed by atoms with Crippen molar-refractivity contribution in [2.75, 3.05) is 44.2 Å². The van der Waals surface area contributed by atoms with Gasteiger partial charge in [-0.1, -0.05) is 24.3 Å². The van der Waals surface area contributed by atoms with Crippen molar-refractivity contribution in [2.45, 2.75) is 25.7 Å². The van der Waals surface area contributed by atoms with Gasteiger partial charge in [-0.25, -0.2) is 0 Å². The Morgan fingerprint density at radius 1 is 0.846 bits per heavy atom. The fraction of sp³-hybridized carbons (Fsp3) is 0.476. The minimum Gasteiger partial charge on any atom is -0.330 e. The van der Waals surface area contributed by atoms with Crippen molar-refractivity contribution in [1.29, 1.82) is 0 Å². The van der Waals surface area contributed by atoms with E-state index in [1.165, 1.54) is 12.8 Å². The average Bonchev–Trinajstić information content (AvgIpc) is 2.94. The molecular formula is C21H30N4O. The molecule has 1 heterocycles. The van der Waals surface area contributed by atoms with Crippen LogP contribution < -0.4 is 21.3 Å². The van der Waals surface area contributed by atoms with Gasteiger partial charge in [0.15, 0.2) is 0 Å². The molecule has 5 heteroatoms. The van der Waals surface area contributed by atoms with Crippen LogP contribution in [0.5, 0.6) is 0 Å². The Hall–Kier alpha value is -1.95. The molecule has 0 aliphatic carbocycles. The molecular weight excluding hydrogens is 324 g/mol. The number of rotatable bonds is 12. The monoisotopic (exact) mass is 354 g/mol. The summed E-state index contributed by atoms with van der Waals surface area (Å²) < 4.78 is 0. The third-order valence-electron chi connectivity index (χ3n) is 4.90. The first kappa shape index (κ1) is 18.8. The highest BCUT2D eigenvalue weighted by atomic mass is 16.2. The number of amides is 1. The zero-order chi connectivity index (χ0) is 18.2. The van der Waals surface area contributed by atoms with Crippen molar-refractivity contribution in [3.63, 3.8) is 0 Å². The first-order valence-corrected chi connectivity index (χ1v) is 9.78. The van der Waals surface area contributed by atoms with Gasteiger partial charge in [-0.2, -0.15) is 0 Å². The molecule has 1 aliphatic heterocycles. The number of nitrogens with zero attached hydrogens (tertiary/aromatic N) is 1. The van der Waals surface area contributed by atoms with Gasteiger partial charge in [0.05, 0.1) is 5.69 Å². The highest BCUT2D eigenvalue weighted by Crippen LogP contribution is 2.36. The van der Waals surface area contributed by atoms with E-state index >= 15 is 0 Å². The van der Waals surface area contributed by atoms with E-state index in [-0.39, 0.29) is 5.91 Å². The smallest absolute Gasteiger partial charge is 0.258 e. The van der Waals surface area contributed by atoms with E-state index in [0.29, 0.717) is 0 Å². The average molecular weight is 354 g/mol. The summed E-state index contributed by atoms with van der Waals surface area (Å²) in [5.74, 6) is 0.139. The summed E-state index contributed by atoms with van der Waals surface area (Å²) in [7, 11) is 0. The van der Waals surface area contributed by atoms with Gasteiger partial charge in [0.25, 0.3) is 5.91 Å². The molecule has 3 rings (SSSR count). The lowest BCUT2D eigenvalue weighted by molar-refractivity contribution is 0.0993. The molecule has 0 radical (unpaired) electrons. The van der Waals surface area contributed by atoms with Gasteiger partial charge in [0.1, 0.15) is 0 Å². The van der Waals surface area contributed by atoms with Crippen LogP contribution in [0.25, 0.3) is 10.8 Å². The van der Waals surface area contributed by atoms with Crippen LogP contribution in [0.3, 0.4) is 0 Å². The van der Waals surface area contributed by atoms with Crippen LogP contribution in [0.4, 0.5) is 5.69 Å². The van der Waals surface area contributed by atoms with Crippen molar-refractivity contribution in [3.05, 3.63) is 42.0 Å². The molecule has 0 bridgehead atoms. The number of anilines is 1. The van der Waals surface area contributed by atoms with Gasteiger partial charge in [0, 0.05) is 17.5 Å². The fourth-order valence-corrected chi connectivity index (χ4v) is 3.54. The highest BCUT2D eigenvalue weighted by Gasteiger charge is 2.28. The summed E-state index contributed by atoms with van der Waals surface area (Å²) in [6, 6.07) is 12.1. The van der Waals surface area contributed by atoms with Crippen molar-refractivity contribution < 1.29 is 4.79 Å². The number of hydrogen-bond acceptors (Lipinski definition) is 4. The molecule has 1 aliphatic rings. The van der Waals surface area contributed by atoms with E-state index in [0.717, 1.165) is 74.1 Å². The van der Waals surface area contributed by atoms with Crippen LogP contribution in [-0.2, 0) is 0 Å². The van der Waals surface area contributed by atoms with Crippen LogP contribution in [0.1, 0.15) is 36.0 Å². The molecule has 5 nitrogen and oxygen atoms in total. The first-order chi connectivity index (χ1) is 12.8. The van der Waals surface area contributed by atoms with Gasteiger partial charge in [-0.05, 0) is 75.9 Å². The second-order valence-electron chi connectivity index (χ2n) is 6.84. The maximum atomic E-state index is 12.7. The van der Waals surface area contributed by atoms with Crippen LogP contribution in [0.2, 0.25) is 0 Å². The Labute approximate surface area is 155 Å². The first-order valence-electron chi connectivity index (χ1n) is 9.78. The predicted molar refractivity (Wildman–Crippen MR) is 109 cm³/mol. The van der Waals surface area contributed by atoms with Crippen molar-refractivity contribution in [2.24, 2.45) is 5.73 Å². The predicted octanol–water partition coefficient (Wildman–Crippen LogP) is 2.50. The molecule has 0 atom stereocenters. The summed E-state index contributed by atoms with van der Waals surface area (Å²) in [5, 5.41) is 9.14. The molecule has 0 aromatic heterocycles. The van der Waals surface area contributed by atoms with E-state index < -0.39 is 0 Å². The van der Waals surface area contributed by atoms with E-state index in [4.69, 9.17) is 5.73 Å². The van der Waals surface area contributed by atoms with Crippen LogP contribution in [-0.4, -0.2) is 45.2 Å². The van der Waals surface area contributed by atoms with Crippen LogP contribution >= 0.6 is 0 Å². The van der Waals surface area contributed by atoms with Gasteiger partial charge in [0.2, 0.25) is 0 Å². The number of benzene rings is 2. The Morgan fingerprint density at radius 3 is 2.23 bits per heavy atom. The molecule has 2 aromatic rings. The zero-order valence-electron chi connectivity index (χ0n) is 15.5. The van der Waals surface area contributed by atoms with E-state index in [1.807, 2.05) is 23.1 Å². The molecule has 1 amide bonds. The topological polar surface area (TPSA) is 70.4 Å². The number of unbranched alkanes of at least 4 members (excludes halogenated alkanes) is 1. The SMILES string of the molecule is NCCCNCCCCNCCCN1C(=O)c2cccc3cccc1c23. The molecule has 26 heavy (non-hydrogen) atoms. The normalized spacial score (nSPS) is 13.1.